The van der Waals surface area contributed by atoms with Gasteiger partial charge in [-0.25, -0.2) is 24.9 Å². The molecule has 0 aliphatic carbocycles. The highest BCUT2D eigenvalue weighted by Gasteiger charge is 2.18. The third-order valence-corrected chi connectivity index (χ3v) is 8.43. The van der Waals surface area contributed by atoms with E-state index < -0.39 is 0 Å². The second-order valence-corrected chi connectivity index (χ2v) is 11.2. The van der Waals surface area contributed by atoms with Gasteiger partial charge in [0.1, 0.15) is 4.83 Å². The second-order valence-electron chi connectivity index (χ2n) is 10.2. The van der Waals surface area contributed by atoms with E-state index in [-0.39, 0.29) is 0 Å². The van der Waals surface area contributed by atoms with Crippen molar-refractivity contribution in [3.05, 3.63) is 140 Å². The molecule has 0 aliphatic rings. The Bertz CT molecular complexity index is 2170. The zero-order valence-corrected chi connectivity index (χ0v) is 23.7. The van der Waals surface area contributed by atoms with Crippen molar-refractivity contribution < 1.29 is 0 Å². The molecular weight excluding hydrogens is 547 g/mol. The van der Waals surface area contributed by atoms with Crippen LogP contribution < -0.4 is 0 Å². The first kappa shape index (κ1) is 25.1. The average molecular weight is 570 g/mol. The lowest BCUT2D eigenvalue weighted by Crippen LogP contribution is -2.00. The molecule has 0 spiro atoms. The van der Waals surface area contributed by atoms with Gasteiger partial charge in [0.2, 0.25) is 0 Å². The highest BCUT2D eigenvalue weighted by atomic mass is 32.1. The standard InChI is InChI=1S/C37H23N5S/c1-4-13-24(14-5-1)33-38-32(31-29-21-10-11-22-30(29)43-37(31)42-33)27-19-12-20-28(23-27)36-40-34(25-15-6-2-7-16-25)39-35(41-36)26-17-8-3-9-18-26/h1-23H. The monoisotopic (exact) mass is 569 g/mol. The summed E-state index contributed by atoms with van der Waals surface area (Å²) in [5.74, 6) is 2.58. The minimum absolute atomic E-state index is 0.610. The average Bonchev–Trinajstić information content (AvgIpc) is 3.47. The Balaban J connectivity index is 1.34. The predicted octanol–water partition coefficient (Wildman–Crippen LogP) is 9.36. The molecule has 8 rings (SSSR count). The lowest BCUT2D eigenvalue weighted by molar-refractivity contribution is 1.07. The highest BCUT2D eigenvalue weighted by Crippen LogP contribution is 2.40. The summed E-state index contributed by atoms with van der Waals surface area (Å²) in [6.07, 6.45) is 0. The van der Waals surface area contributed by atoms with Crippen LogP contribution in [0.4, 0.5) is 0 Å². The van der Waals surface area contributed by atoms with Crippen LogP contribution >= 0.6 is 11.3 Å². The summed E-state index contributed by atoms with van der Waals surface area (Å²) in [7, 11) is 0. The normalized spacial score (nSPS) is 11.3. The highest BCUT2D eigenvalue weighted by molar-refractivity contribution is 7.25. The van der Waals surface area contributed by atoms with Crippen molar-refractivity contribution in [2.75, 3.05) is 0 Å². The maximum absolute atomic E-state index is 5.17. The molecule has 0 bridgehead atoms. The van der Waals surface area contributed by atoms with Crippen molar-refractivity contribution in [1.29, 1.82) is 0 Å². The van der Waals surface area contributed by atoms with Crippen LogP contribution in [-0.2, 0) is 0 Å². The fraction of sp³-hybridized carbons (Fsp3) is 0. The molecule has 5 aromatic carbocycles. The molecule has 3 aromatic heterocycles. The predicted molar refractivity (Wildman–Crippen MR) is 175 cm³/mol. The number of rotatable bonds is 5. The molecule has 0 N–H and O–H groups in total. The molecule has 0 radical (unpaired) electrons. The van der Waals surface area contributed by atoms with E-state index in [4.69, 9.17) is 24.9 Å². The van der Waals surface area contributed by atoms with Crippen LogP contribution in [0.2, 0.25) is 0 Å². The lowest BCUT2D eigenvalue weighted by Gasteiger charge is -2.11. The Labute approximate surface area is 252 Å². The summed E-state index contributed by atoms with van der Waals surface area (Å²) >= 11 is 1.69. The van der Waals surface area contributed by atoms with Crippen molar-refractivity contribution in [1.82, 2.24) is 24.9 Å². The lowest BCUT2D eigenvalue weighted by atomic mass is 10.0. The molecular formula is C37H23N5S. The molecule has 202 valence electrons. The molecule has 5 nitrogen and oxygen atoms in total. The van der Waals surface area contributed by atoms with Gasteiger partial charge in [0.05, 0.1) is 5.69 Å². The molecule has 0 aliphatic heterocycles. The SMILES string of the molecule is c1ccc(-c2nc(-c3ccccc3)nc(-c3cccc(-c4nc(-c5ccccc5)nc5sc6ccccc6c45)c3)n2)cc1. The molecule has 0 fully saturated rings. The minimum Gasteiger partial charge on any atom is -0.227 e. The number of nitrogens with zero attached hydrogens (tertiary/aromatic N) is 5. The van der Waals surface area contributed by atoms with Crippen LogP contribution in [0.25, 0.3) is 77.1 Å². The van der Waals surface area contributed by atoms with E-state index in [9.17, 15) is 0 Å². The van der Waals surface area contributed by atoms with E-state index >= 15 is 0 Å². The van der Waals surface area contributed by atoms with Crippen LogP contribution in [0, 0.1) is 0 Å². The fourth-order valence-corrected chi connectivity index (χ4v) is 6.37. The number of benzene rings is 5. The smallest absolute Gasteiger partial charge is 0.164 e. The molecule has 0 amide bonds. The van der Waals surface area contributed by atoms with Crippen LogP contribution in [-0.4, -0.2) is 24.9 Å². The fourth-order valence-electron chi connectivity index (χ4n) is 5.29. The number of thiophene rings is 1. The van der Waals surface area contributed by atoms with Crippen molar-refractivity contribution in [2.24, 2.45) is 0 Å². The maximum Gasteiger partial charge on any atom is 0.164 e. The zero-order valence-electron chi connectivity index (χ0n) is 22.9. The van der Waals surface area contributed by atoms with E-state index in [0.29, 0.717) is 23.3 Å². The summed E-state index contributed by atoms with van der Waals surface area (Å²) in [6, 6.07) is 47.0. The largest absolute Gasteiger partial charge is 0.227 e. The third kappa shape index (κ3) is 4.74. The van der Waals surface area contributed by atoms with Gasteiger partial charge in [0.15, 0.2) is 23.3 Å². The van der Waals surface area contributed by atoms with E-state index in [2.05, 4.69) is 48.5 Å². The summed E-state index contributed by atoms with van der Waals surface area (Å²) in [6.45, 7) is 0. The van der Waals surface area contributed by atoms with Gasteiger partial charge in [-0.05, 0) is 12.1 Å². The van der Waals surface area contributed by atoms with Crippen molar-refractivity contribution >= 4 is 31.6 Å². The van der Waals surface area contributed by atoms with Crippen LogP contribution in [0.15, 0.2) is 140 Å². The quantitative estimate of drug-likeness (QED) is 0.207. The molecule has 6 heteroatoms. The van der Waals surface area contributed by atoms with E-state index in [1.807, 2.05) is 91.0 Å². The van der Waals surface area contributed by atoms with Crippen LogP contribution in [0.1, 0.15) is 0 Å². The number of fused-ring (bicyclic) bond motifs is 3. The van der Waals surface area contributed by atoms with Gasteiger partial charge in [0.25, 0.3) is 0 Å². The molecule has 0 saturated carbocycles. The first-order chi connectivity index (χ1) is 21.3. The molecule has 0 unspecified atom stereocenters. The Hall–Kier alpha value is -5.59. The van der Waals surface area contributed by atoms with Crippen molar-refractivity contribution in [2.45, 2.75) is 0 Å². The van der Waals surface area contributed by atoms with Gasteiger partial charge in [-0.3, -0.25) is 0 Å². The summed E-state index contributed by atoms with van der Waals surface area (Å²) in [5, 5.41) is 2.21. The molecule has 3 heterocycles. The molecule has 43 heavy (non-hydrogen) atoms. The molecule has 0 saturated heterocycles. The third-order valence-electron chi connectivity index (χ3n) is 7.36. The Morgan fingerprint density at radius 3 is 1.44 bits per heavy atom. The van der Waals surface area contributed by atoms with Gasteiger partial charge >= 0.3 is 0 Å². The Morgan fingerprint density at radius 1 is 0.372 bits per heavy atom. The van der Waals surface area contributed by atoms with Gasteiger partial charge in [-0.1, -0.05) is 127 Å². The van der Waals surface area contributed by atoms with Gasteiger partial charge in [0, 0.05) is 43.3 Å². The van der Waals surface area contributed by atoms with E-state index in [0.717, 1.165) is 49.1 Å². The van der Waals surface area contributed by atoms with E-state index in [1.165, 1.54) is 4.70 Å². The second kappa shape index (κ2) is 10.7. The van der Waals surface area contributed by atoms with Crippen molar-refractivity contribution in [3.63, 3.8) is 0 Å². The molecule has 0 atom stereocenters. The summed E-state index contributed by atoms with van der Waals surface area (Å²) in [5.41, 5.74) is 5.62. The van der Waals surface area contributed by atoms with Crippen LogP contribution in [0.3, 0.4) is 0 Å². The Morgan fingerprint density at radius 2 is 0.837 bits per heavy atom. The topological polar surface area (TPSA) is 64.5 Å². The maximum atomic E-state index is 5.17. The summed E-state index contributed by atoms with van der Waals surface area (Å²) in [4.78, 5) is 25.9. The number of hydrogen-bond acceptors (Lipinski definition) is 6. The van der Waals surface area contributed by atoms with Crippen LogP contribution in [0.5, 0.6) is 0 Å². The number of hydrogen-bond donors (Lipinski definition) is 0. The first-order valence-electron chi connectivity index (χ1n) is 14.0. The van der Waals surface area contributed by atoms with Gasteiger partial charge < -0.3 is 0 Å². The van der Waals surface area contributed by atoms with Crippen molar-refractivity contribution in [3.8, 4) is 56.8 Å². The first-order valence-corrected chi connectivity index (χ1v) is 14.8. The zero-order chi connectivity index (χ0) is 28.6. The van der Waals surface area contributed by atoms with E-state index in [1.54, 1.807) is 11.3 Å². The number of aromatic nitrogens is 5. The summed E-state index contributed by atoms with van der Waals surface area (Å²) < 4.78 is 1.19. The van der Waals surface area contributed by atoms with Gasteiger partial charge in [-0.15, -0.1) is 11.3 Å². The molecule has 8 aromatic rings. The van der Waals surface area contributed by atoms with Gasteiger partial charge in [-0.2, -0.15) is 0 Å². The Kier molecular flexibility index (Phi) is 6.24. The minimum atomic E-state index is 0.610.